The molecule has 0 nitrogen and oxygen atoms in total. The molecule has 0 aliphatic heterocycles. The van der Waals surface area contributed by atoms with Crippen LogP contribution in [-0.4, -0.2) is 0 Å². The van der Waals surface area contributed by atoms with Crippen molar-refractivity contribution in [2.24, 2.45) is 5.92 Å². The SMILES string of the molecule is C=c1c2c(s/c1=C/CC)C=C(C(CC)CCCCC)C=CC2. The minimum atomic E-state index is 0.711. The molecule has 0 saturated heterocycles. The second-order valence-electron chi connectivity index (χ2n) is 6.25. The molecule has 1 heteroatoms. The summed E-state index contributed by atoms with van der Waals surface area (Å²) < 4.78 is 1.37. The molecular weight excluding hydrogens is 284 g/mol. The van der Waals surface area contributed by atoms with Crippen LogP contribution in [0.15, 0.2) is 17.7 Å². The molecule has 1 aromatic rings. The van der Waals surface area contributed by atoms with E-state index in [9.17, 15) is 0 Å². The maximum absolute atomic E-state index is 4.32. The monoisotopic (exact) mass is 314 g/mol. The fourth-order valence-electron chi connectivity index (χ4n) is 3.24. The highest BCUT2D eigenvalue weighted by Crippen LogP contribution is 2.28. The fraction of sp³-hybridized carbons (Fsp3) is 0.524. The van der Waals surface area contributed by atoms with E-state index in [2.05, 4.69) is 51.7 Å². The number of thiophene rings is 1. The van der Waals surface area contributed by atoms with Crippen molar-refractivity contribution in [2.75, 3.05) is 0 Å². The Morgan fingerprint density at radius 2 is 2.09 bits per heavy atom. The molecule has 0 fully saturated rings. The molecule has 0 bridgehead atoms. The van der Waals surface area contributed by atoms with Crippen LogP contribution in [0.2, 0.25) is 0 Å². The standard InChI is InChI=1S/C21H30S/c1-5-8-9-12-17(7-3)18-13-10-14-19-16(4)20(11-6-2)22-21(19)15-18/h10-11,13,15,17H,4-9,12,14H2,1-3H3/b20-11+. The zero-order valence-electron chi connectivity index (χ0n) is 14.5. The average Bonchev–Trinajstić information content (AvgIpc) is 2.70. The summed E-state index contributed by atoms with van der Waals surface area (Å²) in [6.07, 6.45) is 18.2. The summed E-state index contributed by atoms with van der Waals surface area (Å²) in [5, 5.41) is 1.25. The average molecular weight is 315 g/mol. The second kappa shape index (κ2) is 8.53. The van der Waals surface area contributed by atoms with Gasteiger partial charge in [0.1, 0.15) is 0 Å². The van der Waals surface area contributed by atoms with Crippen LogP contribution in [0.25, 0.3) is 18.7 Å². The first-order chi connectivity index (χ1) is 10.7. The Bertz CT molecular complexity index is 642. The van der Waals surface area contributed by atoms with E-state index in [0.29, 0.717) is 5.92 Å². The summed E-state index contributed by atoms with van der Waals surface area (Å²) in [6.45, 7) is 11.1. The number of hydrogen-bond donors (Lipinski definition) is 0. The van der Waals surface area contributed by atoms with Crippen molar-refractivity contribution in [1.82, 2.24) is 0 Å². The lowest BCUT2D eigenvalue weighted by molar-refractivity contribution is 0.514. The lowest BCUT2D eigenvalue weighted by Crippen LogP contribution is -2.19. The van der Waals surface area contributed by atoms with Crippen LogP contribution >= 0.6 is 11.3 Å². The zero-order chi connectivity index (χ0) is 15.9. The van der Waals surface area contributed by atoms with Gasteiger partial charge >= 0.3 is 0 Å². The van der Waals surface area contributed by atoms with Gasteiger partial charge < -0.3 is 0 Å². The molecule has 0 amide bonds. The first-order valence-electron chi connectivity index (χ1n) is 8.90. The second-order valence-corrected chi connectivity index (χ2v) is 7.34. The molecule has 0 spiro atoms. The molecule has 1 heterocycles. The Hall–Kier alpha value is -1.08. The summed E-state index contributed by atoms with van der Waals surface area (Å²) >= 11 is 1.93. The highest BCUT2D eigenvalue weighted by molar-refractivity contribution is 7.11. The minimum absolute atomic E-state index is 0.711. The van der Waals surface area contributed by atoms with Crippen molar-refractivity contribution in [1.29, 1.82) is 0 Å². The van der Waals surface area contributed by atoms with E-state index in [1.165, 1.54) is 57.9 Å². The lowest BCUT2D eigenvalue weighted by Gasteiger charge is -2.16. The van der Waals surface area contributed by atoms with Gasteiger partial charge in [0.15, 0.2) is 0 Å². The van der Waals surface area contributed by atoms with Gasteiger partial charge in [0.2, 0.25) is 0 Å². The van der Waals surface area contributed by atoms with Crippen molar-refractivity contribution in [3.8, 4) is 0 Å². The molecule has 2 rings (SSSR count). The first-order valence-corrected chi connectivity index (χ1v) is 9.71. The van der Waals surface area contributed by atoms with Crippen LogP contribution in [0.3, 0.4) is 0 Å². The predicted octanol–water partition coefficient (Wildman–Crippen LogP) is 5.45. The molecule has 0 radical (unpaired) electrons. The molecule has 0 N–H and O–H groups in total. The fourth-order valence-corrected chi connectivity index (χ4v) is 4.50. The number of hydrogen-bond acceptors (Lipinski definition) is 1. The van der Waals surface area contributed by atoms with E-state index >= 15 is 0 Å². The van der Waals surface area contributed by atoms with E-state index in [0.717, 1.165) is 12.8 Å². The number of allylic oxidation sites excluding steroid dienone is 3. The summed E-state index contributed by atoms with van der Waals surface area (Å²) in [5.74, 6) is 0.711. The molecule has 1 aliphatic rings. The van der Waals surface area contributed by atoms with Crippen molar-refractivity contribution in [3.63, 3.8) is 0 Å². The molecular formula is C21H30S. The summed E-state index contributed by atoms with van der Waals surface area (Å²) in [4.78, 5) is 1.44. The largest absolute Gasteiger partial charge is 0.136 e. The number of fused-ring (bicyclic) bond motifs is 1. The summed E-state index contributed by atoms with van der Waals surface area (Å²) in [7, 11) is 0. The minimum Gasteiger partial charge on any atom is -0.136 e. The molecule has 1 aliphatic carbocycles. The molecule has 120 valence electrons. The van der Waals surface area contributed by atoms with Crippen LogP contribution in [0, 0.1) is 5.92 Å². The molecule has 1 aromatic heterocycles. The van der Waals surface area contributed by atoms with Gasteiger partial charge in [-0.3, -0.25) is 0 Å². The Labute approximate surface area is 140 Å². The Balaban J connectivity index is 2.31. The molecule has 22 heavy (non-hydrogen) atoms. The molecule has 0 aromatic carbocycles. The van der Waals surface area contributed by atoms with E-state index in [1.54, 1.807) is 0 Å². The van der Waals surface area contributed by atoms with Crippen molar-refractivity contribution in [2.45, 2.75) is 65.7 Å². The van der Waals surface area contributed by atoms with E-state index < -0.39 is 0 Å². The lowest BCUT2D eigenvalue weighted by atomic mass is 9.90. The van der Waals surface area contributed by atoms with E-state index in [-0.39, 0.29) is 0 Å². The maximum atomic E-state index is 4.32. The van der Waals surface area contributed by atoms with E-state index in [4.69, 9.17) is 0 Å². The van der Waals surface area contributed by atoms with Crippen molar-refractivity contribution < 1.29 is 0 Å². The van der Waals surface area contributed by atoms with Crippen molar-refractivity contribution >= 4 is 30.1 Å². The van der Waals surface area contributed by atoms with Gasteiger partial charge in [-0.05, 0) is 54.0 Å². The predicted molar refractivity (Wildman–Crippen MR) is 103 cm³/mol. The highest BCUT2D eigenvalue weighted by atomic mass is 32.1. The van der Waals surface area contributed by atoms with Gasteiger partial charge in [-0.2, -0.15) is 0 Å². The highest BCUT2D eigenvalue weighted by Gasteiger charge is 2.14. The Kier molecular flexibility index (Phi) is 6.70. The van der Waals surface area contributed by atoms with Crippen LogP contribution in [-0.2, 0) is 6.42 Å². The van der Waals surface area contributed by atoms with Crippen LogP contribution < -0.4 is 9.75 Å². The molecule has 0 saturated carbocycles. The Morgan fingerprint density at radius 1 is 1.27 bits per heavy atom. The molecule has 1 unspecified atom stereocenters. The van der Waals surface area contributed by atoms with E-state index in [1.807, 2.05) is 11.3 Å². The van der Waals surface area contributed by atoms with Crippen LogP contribution in [0.1, 0.15) is 69.7 Å². The van der Waals surface area contributed by atoms with Gasteiger partial charge in [0.05, 0.1) is 0 Å². The maximum Gasteiger partial charge on any atom is 0.0320 e. The van der Waals surface area contributed by atoms with Crippen LogP contribution in [0.5, 0.6) is 0 Å². The van der Waals surface area contributed by atoms with Crippen LogP contribution in [0.4, 0.5) is 0 Å². The Morgan fingerprint density at radius 3 is 2.77 bits per heavy atom. The number of rotatable bonds is 7. The molecule has 1 atom stereocenters. The third-order valence-corrected chi connectivity index (χ3v) is 5.84. The van der Waals surface area contributed by atoms with Gasteiger partial charge in [0, 0.05) is 9.41 Å². The first kappa shape index (κ1) is 17.3. The number of unbranched alkanes of at least 4 members (excludes halogenated alkanes) is 2. The summed E-state index contributed by atoms with van der Waals surface area (Å²) in [5.41, 5.74) is 2.97. The quantitative estimate of drug-likeness (QED) is 0.587. The smallest absolute Gasteiger partial charge is 0.0320 e. The van der Waals surface area contributed by atoms with Gasteiger partial charge in [-0.1, -0.05) is 64.8 Å². The van der Waals surface area contributed by atoms with Gasteiger partial charge in [0.25, 0.3) is 0 Å². The third kappa shape index (κ3) is 4.01. The van der Waals surface area contributed by atoms with Crippen molar-refractivity contribution in [3.05, 3.63) is 37.9 Å². The van der Waals surface area contributed by atoms with Gasteiger partial charge in [-0.15, -0.1) is 11.3 Å². The normalized spacial score (nSPS) is 16.3. The topological polar surface area (TPSA) is 0 Å². The van der Waals surface area contributed by atoms with Gasteiger partial charge in [-0.25, -0.2) is 0 Å². The summed E-state index contributed by atoms with van der Waals surface area (Å²) in [6, 6.07) is 0. The third-order valence-electron chi connectivity index (χ3n) is 4.62. The zero-order valence-corrected chi connectivity index (χ0v) is 15.3.